The Morgan fingerprint density at radius 1 is 1.13 bits per heavy atom. The molecule has 2 aromatic carbocycles. The number of carbonyl (C=O) groups excluding carboxylic acids is 1. The van der Waals surface area contributed by atoms with E-state index in [2.05, 4.69) is 15.6 Å². The average molecular weight is 431 g/mol. The topological polar surface area (TPSA) is 83.3 Å². The zero-order chi connectivity index (χ0) is 21.8. The minimum Gasteiger partial charge on any atom is -0.372 e. The van der Waals surface area contributed by atoms with E-state index >= 15 is 0 Å². The minimum absolute atomic E-state index is 0.0411. The Morgan fingerprint density at radius 2 is 1.87 bits per heavy atom. The highest BCUT2D eigenvalue weighted by Gasteiger charge is 2.38. The number of amides is 2. The molecule has 3 aromatic rings. The van der Waals surface area contributed by atoms with Crippen LogP contribution in [0.3, 0.4) is 0 Å². The number of nitrogens with zero attached hydrogens (tertiary/aromatic N) is 4. The fourth-order valence-electron chi connectivity index (χ4n) is 3.96. The second-order valence-electron chi connectivity index (χ2n) is 8.11. The number of aromatic nitrogens is 3. The first-order chi connectivity index (χ1) is 14.8. The standard InChI is InChI=1S/C21H20F3N5O2/c22-21(23,24)18-15(7-8-16-19(18)26-27-29(16)10-13-1-2-13)14-5-3-12(4-6-14)9-28-11-17(30)25-20(28)31/h3-8,13,17,30H,1-2,9-11H2,(H,25,31). The smallest absolute Gasteiger partial charge is 0.372 e. The molecule has 1 saturated carbocycles. The van der Waals surface area contributed by atoms with E-state index in [4.69, 9.17) is 0 Å². The highest BCUT2D eigenvalue weighted by molar-refractivity contribution is 5.87. The normalized spacial score (nSPS) is 19.3. The highest BCUT2D eigenvalue weighted by Crippen LogP contribution is 2.41. The summed E-state index contributed by atoms with van der Waals surface area (Å²) in [6.07, 6.45) is -3.37. The number of carbonyl (C=O) groups is 1. The van der Waals surface area contributed by atoms with Crippen molar-refractivity contribution in [3.63, 3.8) is 0 Å². The van der Waals surface area contributed by atoms with Gasteiger partial charge in [0, 0.05) is 13.1 Å². The molecule has 10 heteroatoms. The van der Waals surface area contributed by atoms with E-state index in [9.17, 15) is 23.1 Å². The molecule has 7 nitrogen and oxygen atoms in total. The molecule has 1 atom stereocenters. The molecule has 1 aromatic heterocycles. The Labute approximate surface area is 175 Å². The minimum atomic E-state index is -4.59. The molecule has 2 heterocycles. The van der Waals surface area contributed by atoms with Crippen molar-refractivity contribution in [1.29, 1.82) is 0 Å². The molecule has 2 aliphatic rings. The number of aliphatic hydroxyl groups is 1. The fourth-order valence-corrected chi connectivity index (χ4v) is 3.96. The predicted octanol–water partition coefficient (Wildman–Crippen LogP) is 3.37. The van der Waals surface area contributed by atoms with Crippen LogP contribution in [0.2, 0.25) is 0 Å². The van der Waals surface area contributed by atoms with Gasteiger partial charge in [-0.1, -0.05) is 35.5 Å². The zero-order valence-electron chi connectivity index (χ0n) is 16.4. The van der Waals surface area contributed by atoms with Crippen LogP contribution in [0.15, 0.2) is 36.4 Å². The Hall–Kier alpha value is -3.14. The lowest BCUT2D eigenvalue weighted by atomic mass is 9.97. The number of nitrogens with one attached hydrogen (secondary N) is 1. The third-order valence-electron chi connectivity index (χ3n) is 5.71. The van der Waals surface area contributed by atoms with Gasteiger partial charge in [0.05, 0.1) is 17.6 Å². The lowest BCUT2D eigenvalue weighted by molar-refractivity contribution is -0.135. The van der Waals surface area contributed by atoms with Gasteiger partial charge in [-0.15, -0.1) is 5.10 Å². The first kappa shape index (κ1) is 19.8. The summed E-state index contributed by atoms with van der Waals surface area (Å²) < 4.78 is 43.6. The monoisotopic (exact) mass is 431 g/mol. The van der Waals surface area contributed by atoms with Crippen molar-refractivity contribution < 1.29 is 23.1 Å². The number of fused-ring (bicyclic) bond motifs is 1. The van der Waals surface area contributed by atoms with Gasteiger partial charge in [0.25, 0.3) is 0 Å². The zero-order valence-corrected chi connectivity index (χ0v) is 16.4. The van der Waals surface area contributed by atoms with Crippen molar-refractivity contribution in [3.8, 4) is 11.1 Å². The van der Waals surface area contributed by atoms with E-state index < -0.39 is 18.0 Å². The van der Waals surface area contributed by atoms with Crippen molar-refractivity contribution in [2.24, 2.45) is 5.92 Å². The maximum absolute atomic E-state index is 14.0. The number of β-amino-alcohol motifs (C(OH)–C–C–N with tert-alkyl or cyclic N) is 1. The number of hydrogen-bond acceptors (Lipinski definition) is 4. The van der Waals surface area contributed by atoms with Crippen LogP contribution in [-0.4, -0.2) is 43.8 Å². The molecule has 1 saturated heterocycles. The van der Waals surface area contributed by atoms with Crippen LogP contribution in [0.5, 0.6) is 0 Å². The molecule has 0 radical (unpaired) electrons. The Balaban J connectivity index is 1.48. The third-order valence-corrected chi connectivity index (χ3v) is 5.71. The van der Waals surface area contributed by atoms with E-state index in [0.717, 1.165) is 18.4 Å². The number of aliphatic hydroxyl groups excluding tert-OH is 1. The number of halogens is 3. The first-order valence-electron chi connectivity index (χ1n) is 10.1. The molecule has 31 heavy (non-hydrogen) atoms. The molecule has 0 bridgehead atoms. The summed E-state index contributed by atoms with van der Waals surface area (Å²) in [5.41, 5.74) is 0.649. The van der Waals surface area contributed by atoms with Crippen LogP contribution < -0.4 is 5.32 Å². The van der Waals surface area contributed by atoms with Crippen molar-refractivity contribution in [2.45, 2.75) is 38.3 Å². The van der Waals surface area contributed by atoms with Gasteiger partial charge in [0.2, 0.25) is 0 Å². The van der Waals surface area contributed by atoms with Gasteiger partial charge in [-0.3, -0.25) is 0 Å². The quantitative estimate of drug-likeness (QED) is 0.649. The molecule has 1 unspecified atom stereocenters. The first-order valence-corrected chi connectivity index (χ1v) is 10.1. The number of hydrogen-bond donors (Lipinski definition) is 2. The van der Waals surface area contributed by atoms with Gasteiger partial charge in [-0.25, -0.2) is 9.48 Å². The van der Waals surface area contributed by atoms with E-state index in [1.54, 1.807) is 35.0 Å². The average Bonchev–Trinajstić information content (AvgIpc) is 3.36. The molecular weight excluding hydrogens is 411 g/mol. The van der Waals surface area contributed by atoms with Crippen molar-refractivity contribution >= 4 is 17.1 Å². The lowest BCUT2D eigenvalue weighted by Crippen LogP contribution is -2.28. The SMILES string of the molecule is O=C1NC(O)CN1Cc1ccc(-c2ccc3c(nnn3CC3CC3)c2C(F)(F)F)cc1. The van der Waals surface area contributed by atoms with Crippen molar-refractivity contribution in [1.82, 2.24) is 25.2 Å². The van der Waals surface area contributed by atoms with Crippen LogP contribution >= 0.6 is 0 Å². The summed E-state index contributed by atoms with van der Waals surface area (Å²) in [7, 11) is 0. The molecule has 162 valence electrons. The summed E-state index contributed by atoms with van der Waals surface area (Å²) in [6.45, 7) is 0.996. The van der Waals surface area contributed by atoms with Gasteiger partial charge in [0.15, 0.2) is 0 Å². The maximum atomic E-state index is 14.0. The predicted molar refractivity (Wildman–Crippen MR) is 106 cm³/mol. The van der Waals surface area contributed by atoms with Crippen molar-refractivity contribution in [3.05, 3.63) is 47.5 Å². The summed E-state index contributed by atoms with van der Waals surface area (Å²) in [4.78, 5) is 13.2. The largest absolute Gasteiger partial charge is 0.419 e. The van der Waals surface area contributed by atoms with E-state index in [0.29, 0.717) is 23.5 Å². The number of benzene rings is 2. The van der Waals surface area contributed by atoms with E-state index in [-0.39, 0.29) is 30.2 Å². The van der Waals surface area contributed by atoms with E-state index in [1.807, 2.05) is 0 Å². The number of urea groups is 1. The lowest BCUT2D eigenvalue weighted by Gasteiger charge is -2.16. The van der Waals surface area contributed by atoms with Crippen molar-refractivity contribution in [2.75, 3.05) is 6.54 Å². The molecule has 2 fully saturated rings. The number of alkyl halides is 3. The van der Waals surface area contributed by atoms with Gasteiger partial charge in [-0.2, -0.15) is 13.2 Å². The van der Waals surface area contributed by atoms with Crippen LogP contribution in [-0.2, 0) is 19.3 Å². The third kappa shape index (κ3) is 3.83. The van der Waals surface area contributed by atoms with E-state index in [1.165, 1.54) is 11.0 Å². The van der Waals surface area contributed by atoms with Crippen LogP contribution in [0.4, 0.5) is 18.0 Å². The molecule has 0 spiro atoms. The Kier molecular flexibility index (Phi) is 4.62. The molecule has 2 N–H and O–H groups in total. The second kappa shape index (κ2) is 7.23. The van der Waals surface area contributed by atoms with Crippen LogP contribution in [0.25, 0.3) is 22.2 Å². The molecule has 1 aliphatic carbocycles. The summed E-state index contributed by atoms with van der Waals surface area (Å²) >= 11 is 0. The summed E-state index contributed by atoms with van der Waals surface area (Å²) in [5, 5.41) is 19.7. The van der Waals surface area contributed by atoms with Gasteiger partial charge in [-0.05, 0) is 41.5 Å². The molecule has 5 rings (SSSR count). The molecule has 2 amide bonds. The van der Waals surface area contributed by atoms with Crippen LogP contribution in [0, 0.1) is 5.92 Å². The fraction of sp³-hybridized carbons (Fsp3) is 0.381. The summed E-state index contributed by atoms with van der Waals surface area (Å²) in [6, 6.07) is 9.30. The van der Waals surface area contributed by atoms with Gasteiger partial charge < -0.3 is 15.3 Å². The molecular formula is C21H20F3N5O2. The second-order valence-corrected chi connectivity index (χ2v) is 8.11. The summed E-state index contributed by atoms with van der Waals surface area (Å²) in [5.74, 6) is 0.463. The molecule has 1 aliphatic heterocycles. The number of rotatable bonds is 5. The Morgan fingerprint density at radius 3 is 2.48 bits per heavy atom. The highest BCUT2D eigenvalue weighted by atomic mass is 19.4. The van der Waals surface area contributed by atoms with Gasteiger partial charge in [0.1, 0.15) is 11.7 Å². The van der Waals surface area contributed by atoms with Crippen LogP contribution in [0.1, 0.15) is 24.0 Å². The van der Waals surface area contributed by atoms with Gasteiger partial charge >= 0.3 is 12.2 Å². The maximum Gasteiger partial charge on any atom is 0.419 e. The Bertz CT molecular complexity index is 1140.